The van der Waals surface area contributed by atoms with Crippen LogP contribution in [0.4, 0.5) is 0 Å². The maximum atomic E-state index is 13.0. The number of rotatable bonds is 8. The van der Waals surface area contributed by atoms with E-state index < -0.39 is 22.0 Å². The fourth-order valence-corrected chi connectivity index (χ4v) is 4.65. The van der Waals surface area contributed by atoms with Gasteiger partial charge >= 0.3 is 0 Å². The topological polar surface area (TPSA) is 75.3 Å². The highest BCUT2D eigenvalue weighted by molar-refractivity contribution is 7.89. The van der Waals surface area contributed by atoms with E-state index in [9.17, 15) is 13.2 Å². The number of sulfonamides is 1. The fourth-order valence-electron chi connectivity index (χ4n) is 2.98. The molecule has 31 heavy (non-hydrogen) atoms. The van der Waals surface area contributed by atoms with Crippen LogP contribution in [0.1, 0.15) is 16.7 Å². The molecule has 0 heterocycles. The minimum atomic E-state index is -3.89. The summed E-state index contributed by atoms with van der Waals surface area (Å²) in [6.45, 7) is 2.02. The van der Waals surface area contributed by atoms with E-state index in [-0.39, 0.29) is 17.9 Å². The van der Waals surface area contributed by atoms with Crippen molar-refractivity contribution in [1.82, 2.24) is 10.0 Å². The lowest BCUT2D eigenvalue weighted by molar-refractivity contribution is -0.122. The Morgan fingerprint density at radius 2 is 1.65 bits per heavy atom. The molecule has 0 spiro atoms. The zero-order valence-corrected chi connectivity index (χ0v) is 19.1. The number of amides is 1. The molecule has 0 aliphatic carbocycles. The predicted octanol–water partition coefficient (Wildman–Crippen LogP) is 4.51. The maximum absolute atomic E-state index is 13.0. The molecule has 2 N–H and O–H groups in total. The summed E-state index contributed by atoms with van der Waals surface area (Å²) in [5.74, 6) is -0.453. The Morgan fingerprint density at radius 3 is 2.29 bits per heavy atom. The summed E-state index contributed by atoms with van der Waals surface area (Å²) in [5.41, 5.74) is 2.45. The van der Waals surface area contributed by atoms with Crippen molar-refractivity contribution in [2.75, 3.05) is 0 Å². The third kappa shape index (κ3) is 6.55. The van der Waals surface area contributed by atoms with Crippen LogP contribution in [0.3, 0.4) is 0 Å². The molecule has 3 aromatic carbocycles. The van der Waals surface area contributed by atoms with E-state index in [1.807, 2.05) is 37.3 Å². The van der Waals surface area contributed by atoms with Crippen molar-refractivity contribution in [2.24, 2.45) is 0 Å². The second-order valence-electron chi connectivity index (χ2n) is 7.13. The van der Waals surface area contributed by atoms with Gasteiger partial charge in [0.1, 0.15) is 6.04 Å². The summed E-state index contributed by atoms with van der Waals surface area (Å²) in [6.07, 6.45) is 0.201. The molecule has 1 amide bonds. The number of hydrogen-bond acceptors (Lipinski definition) is 3. The molecule has 1 atom stereocenters. The molecule has 0 radical (unpaired) electrons. The monoisotopic (exact) mass is 476 g/mol. The van der Waals surface area contributed by atoms with Crippen molar-refractivity contribution in [3.63, 3.8) is 0 Å². The van der Waals surface area contributed by atoms with Gasteiger partial charge in [0, 0.05) is 16.6 Å². The van der Waals surface area contributed by atoms with E-state index in [1.54, 1.807) is 30.3 Å². The first kappa shape index (κ1) is 23.3. The average molecular weight is 477 g/mol. The highest BCUT2D eigenvalue weighted by Gasteiger charge is 2.26. The van der Waals surface area contributed by atoms with Crippen LogP contribution < -0.4 is 10.0 Å². The Hall–Kier alpha value is -2.38. The van der Waals surface area contributed by atoms with Gasteiger partial charge in [-0.3, -0.25) is 4.79 Å². The maximum Gasteiger partial charge on any atom is 0.241 e. The number of aryl methyl sites for hydroxylation is 1. The number of nitrogens with one attached hydrogen (secondary N) is 2. The van der Waals surface area contributed by atoms with Crippen LogP contribution in [0.25, 0.3) is 0 Å². The van der Waals surface area contributed by atoms with Gasteiger partial charge in [0.05, 0.1) is 4.90 Å². The summed E-state index contributed by atoms with van der Waals surface area (Å²) >= 11 is 12.1. The van der Waals surface area contributed by atoms with Gasteiger partial charge in [-0.15, -0.1) is 0 Å². The van der Waals surface area contributed by atoms with Crippen molar-refractivity contribution in [1.29, 1.82) is 0 Å². The second kappa shape index (κ2) is 10.3. The highest BCUT2D eigenvalue weighted by Crippen LogP contribution is 2.21. The van der Waals surface area contributed by atoms with Gasteiger partial charge in [-0.25, -0.2) is 8.42 Å². The van der Waals surface area contributed by atoms with Crippen LogP contribution in [-0.2, 0) is 27.8 Å². The third-order valence-corrected chi connectivity index (χ3v) is 6.77. The summed E-state index contributed by atoms with van der Waals surface area (Å²) < 4.78 is 28.3. The van der Waals surface area contributed by atoms with Gasteiger partial charge in [0.15, 0.2) is 0 Å². The number of carbonyl (C=O) groups is 1. The Balaban J connectivity index is 1.79. The lowest BCUT2D eigenvalue weighted by Gasteiger charge is -2.19. The molecule has 5 nitrogen and oxygen atoms in total. The lowest BCUT2D eigenvalue weighted by atomic mass is 10.1. The minimum absolute atomic E-state index is 0.102. The molecule has 0 saturated heterocycles. The first-order valence-electron chi connectivity index (χ1n) is 9.59. The summed E-state index contributed by atoms with van der Waals surface area (Å²) in [4.78, 5) is 13.1. The van der Waals surface area contributed by atoms with E-state index in [0.717, 1.165) is 11.1 Å². The van der Waals surface area contributed by atoms with Gasteiger partial charge in [0.2, 0.25) is 15.9 Å². The van der Waals surface area contributed by atoms with Gasteiger partial charge in [-0.2, -0.15) is 4.72 Å². The van der Waals surface area contributed by atoms with Gasteiger partial charge in [0.25, 0.3) is 0 Å². The SMILES string of the molecule is Cc1ccc(S(=O)(=O)N[C@@H](Cc2ccccc2)C(=O)NCc2ccc(Cl)cc2Cl)cc1. The number of benzene rings is 3. The van der Waals surface area contributed by atoms with Crippen molar-refractivity contribution in [2.45, 2.75) is 30.8 Å². The third-order valence-electron chi connectivity index (χ3n) is 4.70. The molecule has 0 saturated carbocycles. The molecule has 0 fully saturated rings. The smallest absolute Gasteiger partial charge is 0.241 e. The molecule has 0 aliphatic heterocycles. The van der Waals surface area contributed by atoms with Gasteiger partial charge in [-0.1, -0.05) is 77.3 Å². The molecular formula is C23H22Cl2N2O3S. The van der Waals surface area contributed by atoms with Crippen molar-refractivity contribution in [3.8, 4) is 0 Å². The molecule has 0 bridgehead atoms. The summed E-state index contributed by atoms with van der Waals surface area (Å²) in [7, 11) is -3.89. The molecule has 0 aliphatic rings. The Kier molecular flexibility index (Phi) is 7.73. The number of carbonyl (C=O) groups excluding carboxylic acids is 1. The van der Waals surface area contributed by atoms with Crippen LogP contribution >= 0.6 is 23.2 Å². The van der Waals surface area contributed by atoms with E-state index in [2.05, 4.69) is 10.0 Å². The molecule has 0 aromatic heterocycles. The molecule has 0 unspecified atom stereocenters. The highest BCUT2D eigenvalue weighted by atomic mass is 35.5. The largest absolute Gasteiger partial charge is 0.351 e. The van der Waals surface area contributed by atoms with Crippen LogP contribution in [-0.4, -0.2) is 20.4 Å². The van der Waals surface area contributed by atoms with Crippen molar-refractivity contribution < 1.29 is 13.2 Å². The fraction of sp³-hybridized carbons (Fsp3) is 0.174. The predicted molar refractivity (Wildman–Crippen MR) is 124 cm³/mol. The van der Waals surface area contributed by atoms with Gasteiger partial charge in [-0.05, 0) is 48.7 Å². The Bertz CT molecular complexity index is 1150. The van der Waals surface area contributed by atoms with Crippen LogP contribution in [0.5, 0.6) is 0 Å². The molecule has 3 aromatic rings. The standard InChI is InChI=1S/C23H22Cl2N2O3S/c1-16-7-11-20(12-8-16)31(29,30)27-22(13-17-5-3-2-4-6-17)23(28)26-15-18-9-10-19(24)14-21(18)25/h2-12,14,22,27H,13,15H2,1H3,(H,26,28)/t22-/m0/s1. The van der Waals surface area contributed by atoms with E-state index in [1.165, 1.54) is 12.1 Å². The van der Waals surface area contributed by atoms with Crippen molar-refractivity contribution in [3.05, 3.63) is 99.5 Å². The molecule has 162 valence electrons. The lowest BCUT2D eigenvalue weighted by Crippen LogP contribution is -2.47. The minimum Gasteiger partial charge on any atom is -0.351 e. The van der Waals surface area contributed by atoms with Crippen molar-refractivity contribution >= 4 is 39.1 Å². The summed E-state index contributed by atoms with van der Waals surface area (Å²) in [5, 5.41) is 3.69. The number of hydrogen-bond donors (Lipinski definition) is 2. The number of halogens is 2. The van der Waals surface area contributed by atoms with E-state index in [0.29, 0.717) is 15.6 Å². The van der Waals surface area contributed by atoms with Crippen LogP contribution in [0.15, 0.2) is 77.7 Å². The molecule has 8 heteroatoms. The Morgan fingerprint density at radius 1 is 0.968 bits per heavy atom. The molecule has 3 rings (SSSR count). The second-order valence-corrected chi connectivity index (χ2v) is 9.69. The van der Waals surface area contributed by atoms with E-state index in [4.69, 9.17) is 23.2 Å². The van der Waals surface area contributed by atoms with Crippen LogP contribution in [0.2, 0.25) is 10.0 Å². The Labute approximate surface area is 192 Å². The van der Waals surface area contributed by atoms with Crippen LogP contribution in [0, 0.1) is 6.92 Å². The zero-order chi connectivity index (χ0) is 22.4. The summed E-state index contributed by atoms with van der Waals surface area (Å²) in [6, 6.07) is 19.7. The quantitative estimate of drug-likeness (QED) is 0.502. The first-order valence-corrected chi connectivity index (χ1v) is 11.8. The average Bonchev–Trinajstić information content (AvgIpc) is 2.73. The molecular weight excluding hydrogens is 455 g/mol. The normalized spacial score (nSPS) is 12.4. The zero-order valence-electron chi connectivity index (χ0n) is 16.8. The van der Waals surface area contributed by atoms with Gasteiger partial charge < -0.3 is 5.32 Å². The first-order chi connectivity index (χ1) is 14.7. The van der Waals surface area contributed by atoms with E-state index >= 15 is 0 Å².